The molecule has 27 heavy (non-hydrogen) atoms. The minimum Gasteiger partial charge on any atom is -0.473 e. The van der Waals surface area contributed by atoms with Crippen LogP contribution in [0.2, 0.25) is 0 Å². The van der Waals surface area contributed by atoms with Crippen molar-refractivity contribution in [1.29, 1.82) is 10.5 Å². The van der Waals surface area contributed by atoms with Crippen LogP contribution in [0.1, 0.15) is 31.2 Å². The fraction of sp³-hybridized carbons (Fsp3) is 0.556. The van der Waals surface area contributed by atoms with Crippen molar-refractivity contribution in [2.45, 2.75) is 49.9 Å². The lowest BCUT2D eigenvalue weighted by atomic mass is 9.97. The molecule has 4 rings (SSSR count). The Hall–Kier alpha value is -2.06. The summed E-state index contributed by atoms with van der Waals surface area (Å²) in [6.45, 7) is 0.682. The van der Waals surface area contributed by atoms with Gasteiger partial charge in [0.25, 0.3) is 0 Å². The molecule has 2 bridgehead atoms. The van der Waals surface area contributed by atoms with E-state index >= 15 is 0 Å². The molecule has 0 radical (unpaired) electrons. The van der Waals surface area contributed by atoms with Crippen LogP contribution in [0, 0.1) is 28.6 Å². The molecule has 1 N–H and O–H groups in total. The van der Waals surface area contributed by atoms with E-state index in [0.29, 0.717) is 18.0 Å². The molecule has 3 fully saturated rings. The number of halogens is 2. The van der Waals surface area contributed by atoms with Gasteiger partial charge >= 0.3 is 0 Å². The van der Waals surface area contributed by atoms with Crippen LogP contribution in [-0.2, 0) is 4.79 Å². The van der Waals surface area contributed by atoms with Gasteiger partial charge < -0.3 is 9.64 Å². The number of nitriles is 2. The fourth-order valence-corrected chi connectivity index (χ4v) is 4.27. The maximum Gasteiger partial charge on any atom is 0.241 e. The number of nitrogens with one attached hydrogen (secondary N) is 1. The first-order valence-electron chi connectivity index (χ1n) is 8.68. The number of hydrogen-bond donors (Lipinski definition) is 1. The highest BCUT2D eigenvalue weighted by Gasteiger charge is 2.51. The first-order valence-corrected chi connectivity index (χ1v) is 8.68. The summed E-state index contributed by atoms with van der Waals surface area (Å²) in [4.78, 5) is 18.7. The van der Waals surface area contributed by atoms with Crippen molar-refractivity contribution < 1.29 is 9.53 Å². The summed E-state index contributed by atoms with van der Waals surface area (Å²) >= 11 is 0. The van der Waals surface area contributed by atoms with Crippen molar-refractivity contribution in [3.63, 3.8) is 0 Å². The van der Waals surface area contributed by atoms with Gasteiger partial charge in [0.05, 0.1) is 17.7 Å². The van der Waals surface area contributed by atoms with E-state index in [2.05, 4.69) is 16.4 Å². The highest BCUT2D eigenvalue weighted by molar-refractivity contribution is 5.85. The number of nitrogens with zero attached hydrogens (tertiary/aromatic N) is 4. The topological polar surface area (TPSA) is 102 Å². The first kappa shape index (κ1) is 21.2. The third-order valence-corrected chi connectivity index (χ3v) is 5.49. The van der Waals surface area contributed by atoms with Crippen LogP contribution >= 0.6 is 24.8 Å². The number of likely N-dealkylation sites (tertiary alicyclic amines) is 1. The lowest BCUT2D eigenvalue weighted by Crippen LogP contribution is -2.54. The van der Waals surface area contributed by atoms with E-state index in [-0.39, 0.29) is 60.9 Å². The number of aromatic nitrogens is 1. The van der Waals surface area contributed by atoms with Crippen LogP contribution in [0.25, 0.3) is 0 Å². The van der Waals surface area contributed by atoms with Crippen LogP contribution in [0.4, 0.5) is 0 Å². The van der Waals surface area contributed by atoms with E-state index in [1.54, 1.807) is 17.0 Å². The number of rotatable bonds is 3. The van der Waals surface area contributed by atoms with Crippen LogP contribution in [0.15, 0.2) is 18.3 Å². The van der Waals surface area contributed by atoms with E-state index in [9.17, 15) is 10.1 Å². The van der Waals surface area contributed by atoms with Gasteiger partial charge in [0.2, 0.25) is 11.8 Å². The van der Waals surface area contributed by atoms with Crippen molar-refractivity contribution in [1.82, 2.24) is 15.2 Å². The number of carbonyl (C=O) groups is 1. The van der Waals surface area contributed by atoms with Crippen molar-refractivity contribution in [3.05, 3.63) is 23.9 Å². The van der Waals surface area contributed by atoms with E-state index < -0.39 is 0 Å². The molecule has 5 atom stereocenters. The van der Waals surface area contributed by atoms with Crippen molar-refractivity contribution >= 4 is 30.7 Å². The molecule has 0 aromatic carbocycles. The second-order valence-electron chi connectivity index (χ2n) is 6.95. The number of ether oxygens (including phenoxy) is 1. The molecule has 9 heteroatoms. The quantitative estimate of drug-likeness (QED) is 0.816. The van der Waals surface area contributed by atoms with Crippen LogP contribution in [0.3, 0.4) is 0 Å². The largest absolute Gasteiger partial charge is 0.473 e. The normalized spacial score (nSPS) is 30.6. The molecule has 1 saturated carbocycles. The lowest BCUT2D eigenvalue weighted by Gasteiger charge is -2.32. The van der Waals surface area contributed by atoms with Gasteiger partial charge in [-0.25, -0.2) is 4.98 Å². The second-order valence-corrected chi connectivity index (χ2v) is 6.95. The standard InChI is InChI=1S/C18H19N5O2.2ClH/c19-8-11-3-4-16(21-10-11)25-15-7-12-6-14(15)22-17(12)18(24)23-5-1-2-13(23)9-20;;/h3-4,10,12-15,17,22H,1-2,5-7H2;2*1H/t12-,13-,14+,15+,17-;;/m0../s1. The minimum absolute atomic E-state index is 0. The average molecular weight is 410 g/mol. The van der Waals surface area contributed by atoms with Gasteiger partial charge in [0.15, 0.2) is 0 Å². The molecule has 0 unspecified atom stereocenters. The summed E-state index contributed by atoms with van der Waals surface area (Å²) in [6.07, 6.45) is 4.88. The maximum absolute atomic E-state index is 12.8. The first-order chi connectivity index (χ1) is 12.2. The summed E-state index contributed by atoms with van der Waals surface area (Å²) in [6, 6.07) is 7.30. The Morgan fingerprint density at radius 1 is 1.30 bits per heavy atom. The smallest absolute Gasteiger partial charge is 0.241 e. The van der Waals surface area contributed by atoms with E-state index in [1.807, 2.05) is 6.07 Å². The number of amides is 1. The summed E-state index contributed by atoms with van der Waals surface area (Å²) < 4.78 is 5.94. The zero-order valence-corrected chi connectivity index (χ0v) is 16.2. The van der Waals surface area contributed by atoms with Gasteiger partial charge in [-0.05, 0) is 37.7 Å². The number of piperidine rings is 1. The number of carbonyl (C=O) groups excluding carboxylic acids is 1. The lowest BCUT2D eigenvalue weighted by molar-refractivity contribution is -0.134. The molecule has 1 aliphatic carbocycles. The van der Waals surface area contributed by atoms with Crippen molar-refractivity contribution in [2.24, 2.45) is 5.92 Å². The molecule has 0 spiro atoms. The predicted octanol–water partition coefficient (Wildman–Crippen LogP) is 1.81. The van der Waals surface area contributed by atoms with Gasteiger partial charge in [-0.3, -0.25) is 10.1 Å². The Balaban J connectivity index is 0.00000131. The highest BCUT2D eigenvalue weighted by Crippen LogP contribution is 2.38. The van der Waals surface area contributed by atoms with Gasteiger partial charge in [0.1, 0.15) is 18.2 Å². The van der Waals surface area contributed by atoms with Crippen LogP contribution < -0.4 is 10.1 Å². The third kappa shape index (κ3) is 3.96. The van der Waals surface area contributed by atoms with E-state index in [1.165, 1.54) is 6.20 Å². The summed E-state index contributed by atoms with van der Waals surface area (Å²) in [5, 5.41) is 21.4. The minimum atomic E-state index is -0.275. The molecular formula is C18H21Cl2N5O2. The average Bonchev–Trinajstić information content (AvgIpc) is 3.36. The monoisotopic (exact) mass is 409 g/mol. The molecule has 1 aromatic rings. The Morgan fingerprint density at radius 3 is 2.70 bits per heavy atom. The van der Waals surface area contributed by atoms with Crippen LogP contribution in [-0.4, -0.2) is 46.6 Å². The summed E-state index contributed by atoms with van der Waals surface area (Å²) in [5.74, 6) is 0.803. The molecule has 1 amide bonds. The third-order valence-electron chi connectivity index (χ3n) is 5.49. The zero-order chi connectivity index (χ0) is 17.4. The predicted molar refractivity (Wildman–Crippen MR) is 102 cm³/mol. The zero-order valence-electron chi connectivity index (χ0n) is 14.6. The molecule has 7 nitrogen and oxygen atoms in total. The Bertz CT molecular complexity index is 761. The van der Waals surface area contributed by atoms with Crippen LogP contribution in [0.5, 0.6) is 5.88 Å². The molecule has 1 aromatic heterocycles. The molecular weight excluding hydrogens is 389 g/mol. The van der Waals surface area contributed by atoms with Gasteiger partial charge in [0, 0.05) is 24.8 Å². The molecule has 3 heterocycles. The Labute approximate surface area is 170 Å². The molecule has 2 saturated heterocycles. The van der Waals surface area contributed by atoms with E-state index in [4.69, 9.17) is 10.00 Å². The Kier molecular flexibility index (Phi) is 6.89. The Morgan fingerprint density at radius 2 is 2.11 bits per heavy atom. The van der Waals surface area contributed by atoms with Crippen molar-refractivity contribution in [3.8, 4) is 18.0 Å². The number of pyridine rings is 1. The summed E-state index contributed by atoms with van der Waals surface area (Å²) in [7, 11) is 0. The van der Waals surface area contributed by atoms with Gasteiger partial charge in [-0.15, -0.1) is 24.8 Å². The van der Waals surface area contributed by atoms with E-state index in [0.717, 1.165) is 25.7 Å². The van der Waals surface area contributed by atoms with Gasteiger partial charge in [-0.1, -0.05) is 0 Å². The summed E-state index contributed by atoms with van der Waals surface area (Å²) in [5.41, 5.74) is 0.502. The molecule has 2 aliphatic heterocycles. The SMILES string of the molecule is Cl.Cl.N#Cc1ccc(O[C@@H]2C[C@@H]3C[C@H]2N[C@@H]3C(=O)N2CCC[C@H]2C#N)nc1. The second kappa shape index (κ2) is 8.75. The van der Waals surface area contributed by atoms with Crippen molar-refractivity contribution in [2.75, 3.05) is 6.54 Å². The molecule has 3 aliphatic rings. The number of fused-ring (bicyclic) bond motifs is 2. The maximum atomic E-state index is 12.8. The molecule has 144 valence electrons. The highest BCUT2D eigenvalue weighted by atomic mass is 35.5. The fourth-order valence-electron chi connectivity index (χ4n) is 4.27. The number of hydrogen-bond acceptors (Lipinski definition) is 6. The van der Waals surface area contributed by atoms with Gasteiger partial charge in [-0.2, -0.15) is 10.5 Å².